The van der Waals surface area contributed by atoms with Crippen LogP contribution in [0.15, 0.2) is 54.6 Å². The van der Waals surface area contributed by atoms with Crippen LogP contribution in [-0.4, -0.2) is 42.9 Å². The highest BCUT2D eigenvalue weighted by atomic mass is 16.2. The summed E-state index contributed by atoms with van der Waals surface area (Å²) < 4.78 is 0. The average molecular weight is 382 g/mol. The van der Waals surface area contributed by atoms with Crippen LogP contribution in [0, 0.1) is 0 Å². The molecule has 0 spiro atoms. The number of para-hydroxylation sites is 1. The van der Waals surface area contributed by atoms with Crippen molar-refractivity contribution in [3.05, 3.63) is 60.2 Å². The van der Waals surface area contributed by atoms with Gasteiger partial charge in [0.1, 0.15) is 0 Å². The van der Waals surface area contributed by atoms with Crippen LogP contribution in [0.1, 0.15) is 44.0 Å². The van der Waals surface area contributed by atoms with Crippen LogP contribution in [0.25, 0.3) is 0 Å². The summed E-state index contributed by atoms with van der Waals surface area (Å²) in [6.45, 7) is 9.00. The first-order chi connectivity index (χ1) is 13.6. The van der Waals surface area contributed by atoms with Crippen LogP contribution in [0.4, 0.5) is 11.4 Å². The van der Waals surface area contributed by atoms with E-state index in [0.717, 1.165) is 31.6 Å². The van der Waals surface area contributed by atoms with Crippen molar-refractivity contribution < 1.29 is 9.59 Å². The minimum absolute atomic E-state index is 0.0274. The Morgan fingerprint density at radius 3 is 2.00 bits per heavy atom. The minimum Gasteiger partial charge on any atom is -0.325 e. The Bertz CT molecular complexity index is 738. The van der Waals surface area contributed by atoms with Crippen LogP contribution in [-0.2, 0) is 4.79 Å². The molecule has 0 unspecified atom stereocenters. The number of hydrogen-bond donors (Lipinski definition) is 1. The fraction of sp³-hybridized carbons (Fsp3) is 0.391. The van der Waals surface area contributed by atoms with Crippen molar-refractivity contribution in [3.8, 4) is 0 Å². The van der Waals surface area contributed by atoms with Crippen molar-refractivity contribution in [1.29, 1.82) is 0 Å². The molecule has 0 aromatic heterocycles. The zero-order valence-corrected chi connectivity index (χ0v) is 17.1. The van der Waals surface area contributed by atoms with E-state index in [2.05, 4.69) is 24.1 Å². The molecule has 2 aromatic rings. The molecular weight excluding hydrogens is 350 g/mol. The molecule has 0 aliphatic rings. The van der Waals surface area contributed by atoms with E-state index < -0.39 is 0 Å². The fourth-order valence-electron chi connectivity index (χ4n) is 3.21. The maximum absolute atomic E-state index is 12.8. The molecule has 2 aromatic carbocycles. The Morgan fingerprint density at radius 2 is 1.46 bits per heavy atom. The van der Waals surface area contributed by atoms with Gasteiger partial charge in [-0.15, -0.1) is 0 Å². The SMILES string of the molecule is CCCN(CCC)CC(=O)Nc1ccc(C(=O)N(CC)c2ccccc2)cc1. The normalized spacial score (nSPS) is 10.7. The Kier molecular flexibility index (Phi) is 8.69. The van der Waals surface area contributed by atoms with E-state index in [0.29, 0.717) is 24.3 Å². The molecule has 0 radical (unpaired) electrons. The number of carbonyl (C=O) groups is 2. The van der Waals surface area contributed by atoms with Crippen molar-refractivity contribution in [1.82, 2.24) is 4.90 Å². The predicted octanol–water partition coefficient (Wildman–Crippen LogP) is 4.41. The lowest BCUT2D eigenvalue weighted by molar-refractivity contribution is -0.117. The zero-order chi connectivity index (χ0) is 20.4. The molecule has 0 atom stereocenters. The Hall–Kier alpha value is -2.66. The molecule has 0 aliphatic heterocycles. The molecule has 0 aliphatic carbocycles. The summed E-state index contributed by atoms with van der Waals surface area (Å²) in [5, 5.41) is 2.92. The number of rotatable bonds is 10. The molecule has 1 N–H and O–H groups in total. The van der Waals surface area contributed by atoms with E-state index in [1.165, 1.54) is 0 Å². The molecule has 2 amide bonds. The number of benzene rings is 2. The molecule has 150 valence electrons. The smallest absolute Gasteiger partial charge is 0.258 e. The molecule has 2 rings (SSSR count). The first kappa shape index (κ1) is 21.6. The first-order valence-corrected chi connectivity index (χ1v) is 10.1. The summed E-state index contributed by atoms with van der Waals surface area (Å²) in [5.41, 5.74) is 2.18. The van der Waals surface area contributed by atoms with Crippen LogP contribution >= 0.6 is 0 Å². The molecule has 28 heavy (non-hydrogen) atoms. The first-order valence-electron chi connectivity index (χ1n) is 10.1. The summed E-state index contributed by atoms with van der Waals surface area (Å²) in [7, 11) is 0. The van der Waals surface area contributed by atoms with Gasteiger partial charge in [-0.1, -0.05) is 32.0 Å². The number of carbonyl (C=O) groups excluding carboxylic acids is 2. The maximum Gasteiger partial charge on any atom is 0.258 e. The third-order valence-electron chi connectivity index (χ3n) is 4.49. The van der Waals surface area contributed by atoms with Gasteiger partial charge in [0.05, 0.1) is 6.54 Å². The van der Waals surface area contributed by atoms with Gasteiger partial charge in [-0.2, -0.15) is 0 Å². The second-order valence-corrected chi connectivity index (χ2v) is 6.79. The second-order valence-electron chi connectivity index (χ2n) is 6.79. The Balaban J connectivity index is 2.00. The lowest BCUT2D eigenvalue weighted by atomic mass is 10.1. The molecule has 0 saturated carbocycles. The lowest BCUT2D eigenvalue weighted by Crippen LogP contribution is -2.34. The van der Waals surface area contributed by atoms with Gasteiger partial charge in [0.2, 0.25) is 5.91 Å². The van der Waals surface area contributed by atoms with Gasteiger partial charge in [0.15, 0.2) is 0 Å². The molecular formula is C23H31N3O2. The standard InChI is InChI=1S/C23H31N3O2/c1-4-16-25(17-5-2)18-22(27)24-20-14-12-19(13-15-20)23(28)26(6-3)21-10-8-7-9-11-21/h7-15H,4-6,16-18H2,1-3H3,(H,24,27). The molecule has 0 fully saturated rings. The average Bonchev–Trinajstić information content (AvgIpc) is 2.70. The third-order valence-corrected chi connectivity index (χ3v) is 4.49. The maximum atomic E-state index is 12.8. The van der Waals surface area contributed by atoms with Crippen molar-refractivity contribution in [3.63, 3.8) is 0 Å². The van der Waals surface area contributed by atoms with Crippen LogP contribution in [0.5, 0.6) is 0 Å². The Labute approximate surface area is 168 Å². The lowest BCUT2D eigenvalue weighted by Gasteiger charge is -2.21. The van der Waals surface area contributed by atoms with E-state index in [-0.39, 0.29) is 11.8 Å². The summed E-state index contributed by atoms with van der Waals surface area (Å²) in [5.74, 6) is -0.0795. The van der Waals surface area contributed by atoms with Crippen LogP contribution in [0.2, 0.25) is 0 Å². The number of nitrogens with zero attached hydrogens (tertiary/aromatic N) is 2. The zero-order valence-electron chi connectivity index (χ0n) is 17.1. The summed E-state index contributed by atoms with van der Waals surface area (Å²) in [4.78, 5) is 29.0. The van der Waals surface area contributed by atoms with E-state index in [4.69, 9.17) is 0 Å². The monoisotopic (exact) mass is 381 g/mol. The van der Waals surface area contributed by atoms with Gasteiger partial charge in [0, 0.05) is 23.5 Å². The van der Waals surface area contributed by atoms with E-state index in [1.54, 1.807) is 29.2 Å². The van der Waals surface area contributed by atoms with E-state index in [9.17, 15) is 9.59 Å². The van der Waals surface area contributed by atoms with Gasteiger partial charge < -0.3 is 10.2 Å². The van der Waals surface area contributed by atoms with E-state index >= 15 is 0 Å². The van der Waals surface area contributed by atoms with E-state index in [1.807, 2.05) is 37.3 Å². The van der Waals surface area contributed by atoms with Crippen molar-refractivity contribution >= 4 is 23.2 Å². The largest absolute Gasteiger partial charge is 0.325 e. The number of anilines is 2. The summed E-state index contributed by atoms with van der Waals surface area (Å²) in [6, 6.07) is 16.7. The third kappa shape index (κ3) is 6.20. The molecule has 0 bridgehead atoms. The number of hydrogen-bond acceptors (Lipinski definition) is 3. The van der Waals surface area contributed by atoms with Crippen LogP contribution in [0.3, 0.4) is 0 Å². The van der Waals surface area contributed by atoms with Gasteiger partial charge in [-0.3, -0.25) is 14.5 Å². The van der Waals surface area contributed by atoms with Crippen LogP contribution < -0.4 is 10.2 Å². The van der Waals surface area contributed by atoms with Crippen molar-refractivity contribution in [2.45, 2.75) is 33.6 Å². The quantitative estimate of drug-likeness (QED) is 0.663. The number of amides is 2. The predicted molar refractivity (Wildman–Crippen MR) is 116 cm³/mol. The minimum atomic E-state index is -0.0522. The number of nitrogens with one attached hydrogen (secondary N) is 1. The highest BCUT2D eigenvalue weighted by Gasteiger charge is 2.16. The topological polar surface area (TPSA) is 52.7 Å². The summed E-state index contributed by atoms with van der Waals surface area (Å²) in [6.07, 6.45) is 2.05. The molecule has 0 heterocycles. The van der Waals surface area contributed by atoms with Gasteiger partial charge in [-0.25, -0.2) is 0 Å². The summed E-state index contributed by atoms with van der Waals surface area (Å²) >= 11 is 0. The molecule has 0 saturated heterocycles. The fourth-order valence-corrected chi connectivity index (χ4v) is 3.21. The molecule has 5 heteroatoms. The molecule has 5 nitrogen and oxygen atoms in total. The second kappa shape index (κ2) is 11.2. The van der Waals surface area contributed by atoms with Gasteiger partial charge >= 0.3 is 0 Å². The Morgan fingerprint density at radius 1 is 0.857 bits per heavy atom. The van der Waals surface area contributed by atoms with Crippen molar-refractivity contribution in [2.24, 2.45) is 0 Å². The highest BCUT2D eigenvalue weighted by molar-refractivity contribution is 6.06. The highest BCUT2D eigenvalue weighted by Crippen LogP contribution is 2.18. The van der Waals surface area contributed by atoms with Crippen molar-refractivity contribution in [2.75, 3.05) is 36.4 Å². The van der Waals surface area contributed by atoms with Gasteiger partial charge in [0.25, 0.3) is 5.91 Å². The van der Waals surface area contributed by atoms with Gasteiger partial charge in [-0.05, 0) is 69.3 Å².